The van der Waals surface area contributed by atoms with Crippen LogP contribution in [0.4, 0.5) is 0 Å². The number of hydrogen-bond acceptors (Lipinski definition) is 2. The maximum absolute atomic E-state index is 5.75. The van der Waals surface area contributed by atoms with Crippen molar-refractivity contribution in [3.63, 3.8) is 0 Å². The minimum Gasteiger partial charge on any atom is -0.329 e. The summed E-state index contributed by atoms with van der Waals surface area (Å²) in [6, 6.07) is 0. The van der Waals surface area contributed by atoms with E-state index in [9.17, 15) is 0 Å². The van der Waals surface area contributed by atoms with Gasteiger partial charge in [-0.15, -0.1) is 6.58 Å². The average Bonchev–Trinajstić information content (AvgIpc) is 2.50. The van der Waals surface area contributed by atoms with Crippen molar-refractivity contribution < 1.29 is 0 Å². The monoisotopic (exact) mass is 171 g/mol. The number of thioether (sulfide) groups is 1. The predicted octanol–water partition coefficient (Wildman–Crippen LogP) is 2.18. The van der Waals surface area contributed by atoms with E-state index in [-0.39, 0.29) is 0 Å². The average molecular weight is 171 g/mol. The minimum atomic E-state index is 0.411. The first-order valence-electron chi connectivity index (χ1n) is 4.28. The summed E-state index contributed by atoms with van der Waals surface area (Å²) in [6.45, 7) is 4.58. The van der Waals surface area contributed by atoms with E-state index in [0.717, 1.165) is 13.0 Å². The highest BCUT2D eigenvalue weighted by atomic mass is 32.2. The fourth-order valence-electron chi connectivity index (χ4n) is 1.58. The molecule has 1 unspecified atom stereocenters. The van der Waals surface area contributed by atoms with Crippen LogP contribution >= 0.6 is 11.8 Å². The fourth-order valence-corrected chi connectivity index (χ4v) is 2.97. The standard InChI is InChI=1S/C9H17NS/c1-2-3-5-9(8-10)6-4-7-11-9/h2H,1,3-8,10H2. The summed E-state index contributed by atoms with van der Waals surface area (Å²) in [7, 11) is 0. The largest absolute Gasteiger partial charge is 0.329 e. The van der Waals surface area contributed by atoms with Crippen molar-refractivity contribution in [3.05, 3.63) is 12.7 Å². The van der Waals surface area contributed by atoms with Crippen LogP contribution in [0.2, 0.25) is 0 Å². The van der Waals surface area contributed by atoms with E-state index in [1.807, 2.05) is 6.08 Å². The van der Waals surface area contributed by atoms with Gasteiger partial charge in [-0.05, 0) is 31.4 Å². The molecular weight excluding hydrogens is 154 g/mol. The highest BCUT2D eigenvalue weighted by Crippen LogP contribution is 2.40. The number of allylic oxidation sites excluding steroid dienone is 1. The van der Waals surface area contributed by atoms with Crippen LogP contribution in [0.5, 0.6) is 0 Å². The summed E-state index contributed by atoms with van der Waals surface area (Å²) in [5.74, 6) is 1.30. The predicted molar refractivity (Wildman–Crippen MR) is 52.9 cm³/mol. The van der Waals surface area contributed by atoms with Gasteiger partial charge in [-0.25, -0.2) is 0 Å². The van der Waals surface area contributed by atoms with Gasteiger partial charge < -0.3 is 5.73 Å². The van der Waals surface area contributed by atoms with Crippen molar-refractivity contribution in [1.29, 1.82) is 0 Å². The lowest BCUT2D eigenvalue weighted by Crippen LogP contribution is -2.31. The van der Waals surface area contributed by atoms with Gasteiger partial charge in [-0.3, -0.25) is 0 Å². The Morgan fingerprint density at radius 3 is 2.91 bits per heavy atom. The Hall–Kier alpha value is 0.0500. The Morgan fingerprint density at radius 1 is 1.64 bits per heavy atom. The molecule has 0 bridgehead atoms. The van der Waals surface area contributed by atoms with Gasteiger partial charge in [0.2, 0.25) is 0 Å². The molecule has 64 valence electrons. The molecule has 1 fully saturated rings. The first kappa shape index (κ1) is 9.14. The Balaban J connectivity index is 2.38. The molecule has 0 amide bonds. The van der Waals surface area contributed by atoms with Crippen LogP contribution in [-0.2, 0) is 0 Å². The van der Waals surface area contributed by atoms with Crippen LogP contribution in [0, 0.1) is 0 Å². The van der Waals surface area contributed by atoms with Crippen molar-refractivity contribution in [2.24, 2.45) is 5.73 Å². The zero-order chi connectivity index (χ0) is 8.16. The molecule has 11 heavy (non-hydrogen) atoms. The molecule has 1 atom stereocenters. The minimum absolute atomic E-state index is 0.411. The highest BCUT2D eigenvalue weighted by Gasteiger charge is 2.31. The molecule has 1 rings (SSSR count). The molecule has 0 radical (unpaired) electrons. The third kappa shape index (κ3) is 2.24. The van der Waals surface area contributed by atoms with Gasteiger partial charge in [-0.2, -0.15) is 11.8 Å². The summed E-state index contributed by atoms with van der Waals surface area (Å²) in [4.78, 5) is 0. The number of hydrogen-bond donors (Lipinski definition) is 1. The lowest BCUT2D eigenvalue weighted by molar-refractivity contribution is 0.532. The molecule has 2 heteroatoms. The van der Waals surface area contributed by atoms with E-state index >= 15 is 0 Å². The summed E-state index contributed by atoms with van der Waals surface area (Å²) in [5.41, 5.74) is 5.75. The lowest BCUT2D eigenvalue weighted by atomic mass is 9.97. The van der Waals surface area contributed by atoms with E-state index in [4.69, 9.17) is 5.73 Å². The first-order chi connectivity index (χ1) is 5.33. The van der Waals surface area contributed by atoms with Crippen LogP contribution in [0.3, 0.4) is 0 Å². The van der Waals surface area contributed by atoms with Crippen LogP contribution in [-0.4, -0.2) is 17.0 Å². The molecule has 1 nitrogen and oxygen atoms in total. The summed E-state index contributed by atoms with van der Waals surface area (Å²) < 4.78 is 0.411. The van der Waals surface area contributed by atoms with E-state index in [1.54, 1.807) is 0 Å². The number of rotatable bonds is 4. The summed E-state index contributed by atoms with van der Waals surface area (Å²) in [6.07, 6.45) is 6.99. The summed E-state index contributed by atoms with van der Waals surface area (Å²) >= 11 is 2.06. The quantitative estimate of drug-likeness (QED) is 0.656. The molecule has 1 aliphatic rings. The van der Waals surface area contributed by atoms with Gasteiger partial charge in [0.25, 0.3) is 0 Å². The topological polar surface area (TPSA) is 26.0 Å². The maximum atomic E-state index is 5.75. The zero-order valence-corrected chi connectivity index (χ0v) is 7.83. The molecule has 1 heterocycles. The summed E-state index contributed by atoms with van der Waals surface area (Å²) in [5, 5.41) is 0. The van der Waals surface area contributed by atoms with Gasteiger partial charge in [0.1, 0.15) is 0 Å². The Labute approximate surface area is 73.4 Å². The molecule has 0 aromatic rings. The second-order valence-corrected chi connectivity index (χ2v) is 4.73. The smallest absolute Gasteiger partial charge is 0.0285 e. The molecule has 0 saturated carbocycles. The zero-order valence-electron chi connectivity index (χ0n) is 7.01. The van der Waals surface area contributed by atoms with Crippen molar-refractivity contribution in [3.8, 4) is 0 Å². The molecule has 0 aliphatic carbocycles. The molecule has 1 aliphatic heterocycles. The van der Waals surface area contributed by atoms with Gasteiger partial charge in [0.15, 0.2) is 0 Å². The van der Waals surface area contributed by atoms with Crippen LogP contribution < -0.4 is 5.73 Å². The molecule has 0 spiro atoms. The Kier molecular flexibility index (Phi) is 3.46. The highest BCUT2D eigenvalue weighted by molar-refractivity contribution is 8.00. The Bertz CT molecular complexity index is 128. The van der Waals surface area contributed by atoms with Gasteiger partial charge in [-0.1, -0.05) is 6.08 Å². The van der Waals surface area contributed by atoms with Crippen LogP contribution in [0.25, 0.3) is 0 Å². The van der Waals surface area contributed by atoms with E-state index < -0.39 is 0 Å². The molecule has 1 saturated heterocycles. The second kappa shape index (κ2) is 4.17. The Morgan fingerprint density at radius 2 is 2.45 bits per heavy atom. The van der Waals surface area contributed by atoms with Crippen molar-refractivity contribution in [2.75, 3.05) is 12.3 Å². The number of nitrogens with two attached hydrogens (primary N) is 1. The third-order valence-corrected chi connectivity index (χ3v) is 4.04. The third-order valence-electron chi connectivity index (χ3n) is 2.36. The van der Waals surface area contributed by atoms with E-state index in [1.165, 1.54) is 25.0 Å². The fraction of sp³-hybridized carbons (Fsp3) is 0.778. The lowest BCUT2D eigenvalue weighted by Gasteiger charge is -2.25. The van der Waals surface area contributed by atoms with Crippen LogP contribution in [0.15, 0.2) is 12.7 Å². The van der Waals surface area contributed by atoms with Crippen LogP contribution in [0.1, 0.15) is 25.7 Å². The maximum Gasteiger partial charge on any atom is 0.0285 e. The van der Waals surface area contributed by atoms with Crippen molar-refractivity contribution in [2.45, 2.75) is 30.4 Å². The van der Waals surface area contributed by atoms with Gasteiger partial charge in [0.05, 0.1) is 0 Å². The van der Waals surface area contributed by atoms with Gasteiger partial charge in [0, 0.05) is 11.3 Å². The van der Waals surface area contributed by atoms with E-state index in [2.05, 4.69) is 18.3 Å². The first-order valence-corrected chi connectivity index (χ1v) is 5.26. The second-order valence-electron chi connectivity index (χ2n) is 3.17. The molecule has 0 aromatic heterocycles. The molecular formula is C9H17NS. The normalized spacial score (nSPS) is 30.6. The molecule has 0 aromatic carbocycles. The molecule has 2 N–H and O–H groups in total. The van der Waals surface area contributed by atoms with Crippen molar-refractivity contribution >= 4 is 11.8 Å². The van der Waals surface area contributed by atoms with Crippen molar-refractivity contribution in [1.82, 2.24) is 0 Å². The SMILES string of the molecule is C=CCCC1(CN)CCCS1. The van der Waals surface area contributed by atoms with E-state index in [0.29, 0.717) is 4.75 Å². The van der Waals surface area contributed by atoms with Gasteiger partial charge >= 0.3 is 0 Å².